The summed E-state index contributed by atoms with van der Waals surface area (Å²) >= 11 is 10.9. The third-order valence-electron chi connectivity index (χ3n) is 4.91. The molecule has 1 aliphatic heterocycles. The van der Waals surface area contributed by atoms with Crippen LogP contribution in [0.3, 0.4) is 0 Å². The van der Waals surface area contributed by atoms with E-state index in [0.29, 0.717) is 13.1 Å². The number of halogens is 3. The molecule has 1 aliphatic rings. The van der Waals surface area contributed by atoms with Crippen molar-refractivity contribution in [3.8, 4) is 0 Å². The summed E-state index contributed by atoms with van der Waals surface area (Å²) in [5.41, 5.74) is 2.27. The summed E-state index contributed by atoms with van der Waals surface area (Å²) in [4.78, 5) is 2.33. The Kier molecular flexibility index (Phi) is 5.74. The standard InChI is InChI=1S/C19H20Br3N3O/c20-12-1-2-18-15(7-12)16-8-13(21)9-17(22)19(16)25(18)11-14(26)10-24-5-3-23-4-6-24/h1-2,7-9,14,23,26H,3-6,10-11H2/t14-/m0/s1. The molecule has 1 atom stereocenters. The Labute approximate surface area is 177 Å². The first-order valence-corrected chi connectivity index (χ1v) is 11.1. The Morgan fingerprint density at radius 1 is 0.962 bits per heavy atom. The van der Waals surface area contributed by atoms with Gasteiger partial charge in [0.25, 0.3) is 0 Å². The fourth-order valence-corrected chi connectivity index (χ4v) is 5.58. The van der Waals surface area contributed by atoms with Crippen molar-refractivity contribution >= 4 is 69.6 Å². The zero-order chi connectivity index (χ0) is 18.3. The lowest BCUT2D eigenvalue weighted by Gasteiger charge is -2.29. The predicted octanol–water partition coefficient (Wildman–Crippen LogP) is 4.35. The Hall–Kier alpha value is -0.440. The number of hydrogen-bond acceptors (Lipinski definition) is 3. The van der Waals surface area contributed by atoms with Crippen LogP contribution in [0.1, 0.15) is 0 Å². The van der Waals surface area contributed by atoms with E-state index in [1.807, 2.05) is 0 Å². The van der Waals surface area contributed by atoms with Crippen LogP contribution in [-0.2, 0) is 6.54 Å². The molecule has 1 fully saturated rings. The van der Waals surface area contributed by atoms with E-state index in [9.17, 15) is 5.11 Å². The number of β-amino-alcohol motifs (C(OH)–C–C–N with tert-alkyl or cyclic N) is 1. The molecule has 7 heteroatoms. The minimum absolute atomic E-state index is 0.411. The summed E-state index contributed by atoms with van der Waals surface area (Å²) in [5.74, 6) is 0. The number of rotatable bonds is 4. The lowest BCUT2D eigenvalue weighted by Crippen LogP contribution is -2.46. The van der Waals surface area contributed by atoms with Gasteiger partial charge in [0, 0.05) is 62.4 Å². The van der Waals surface area contributed by atoms with Gasteiger partial charge in [-0.1, -0.05) is 31.9 Å². The van der Waals surface area contributed by atoms with Gasteiger partial charge in [-0.15, -0.1) is 0 Å². The second-order valence-corrected chi connectivity index (χ2v) is 9.45. The number of piperazine rings is 1. The topological polar surface area (TPSA) is 40.4 Å². The molecule has 0 amide bonds. The van der Waals surface area contributed by atoms with Crippen molar-refractivity contribution in [2.75, 3.05) is 32.7 Å². The van der Waals surface area contributed by atoms with E-state index in [1.54, 1.807) is 0 Å². The molecule has 0 unspecified atom stereocenters. The maximum atomic E-state index is 10.8. The first-order chi connectivity index (χ1) is 12.5. The van der Waals surface area contributed by atoms with Gasteiger partial charge in [-0.3, -0.25) is 4.90 Å². The van der Waals surface area contributed by atoms with Crippen LogP contribution in [0, 0.1) is 0 Å². The predicted molar refractivity (Wildman–Crippen MR) is 118 cm³/mol. The number of hydrogen-bond donors (Lipinski definition) is 2. The van der Waals surface area contributed by atoms with Gasteiger partial charge in [0.2, 0.25) is 0 Å². The molecular formula is C19H20Br3N3O. The molecule has 0 saturated carbocycles. The molecule has 0 radical (unpaired) electrons. The SMILES string of the molecule is O[C@@H](CN1CCNCC1)Cn1c2ccc(Br)cc2c2cc(Br)cc(Br)c21. The van der Waals surface area contributed by atoms with Crippen molar-refractivity contribution in [2.45, 2.75) is 12.6 Å². The molecule has 2 N–H and O–H groups in total. The summed E-state index contributed by atoms with van der Waals surface area (Å²) in [7, 11) is 0. The van der Waals surface area contributed by atoms with Gasteiger partial charge < -0.3 is 15.0 Å². The smallest absolute Gasteiger partial charge is 0.0845 e. The molecule has 138 valence electrons. The van der Waals surface area contributed by atoms with E-state index in [1.165, 1.54) is 10.8 Å². The highest BCUT2D eigenvalue weighted by molar-refractivity contribution is 9.11. The minimum atomic E-state index is -0.411. The second kappa shape index (κ2) is 7.89. The van der Waals surface area contributed by atoms with Gasteiger partial charge in [-0.2, -0.15) is 0 Å². The molecule has 2 heterocycles. The number of aliphatic hydroxyl groups is 1. The quantitative estimate of drug-likeness (QED) is 0.512. The summed E-state index contributed by atoms with van der Waals surface area (Å²) in [6.07, 6.45) is -0.411. The Morgan fingerprint density at radius 3 is 2.46 bits per heavy atom. The molecule has 2 aromatic carbocycles. The van der Waals surface area contributed by atoms with Crippen LogP contribution in [-0.4, -0.2) is 53.4 Å². The van der Waals surface area contributed by atoms with Crippen molar-refractivity contribution in [2.24, 2.45) is 0 Å². The van der Waals surface area contributed by atoms with Crippen LogP contribution in [0.2, 0.25) is 0 Å². The second-order valence-electron chi connectivity index (χ2n) is 6.76. The molecule has 1 aromatic heterocycles. The summed E-state index contributed by atoms with van der Waals surface area (Å²) < 4.78 is 5.36. The highest BCUT2D eigenvalue weighted by Gasteiger charge is 2.19. The molecule has 26 heavy (non-hydrogen) atoms. The third-order valence-corrected chi connectivity index (χ3v) is 6.47. The van der Waals surface area contributed by atoms with Gasteiger partial charge in [0.1, 0.15) is 0 Å². The number of aliphatic hydroxyl groups excluding tert-OH is 1. The summed E-state index contributed by atoms with van der Waals surface area (Å²) in [5, 5.41) is 16.5. The summed E-state index contributed by atoms with van der Waals surface area (Å²) in [6, 6.07) is 10.5. The fourth-order valence-electron chi connectivity index (χ4n) is 3.78. The highest BCUT2D eigenvalue weighted by atomic mass is 79.9. The van der Waals surface area contributed by atoms with Gasteiger partial charge >= 0.3 is 0 Å². The van der Waals surface area contributed by atoms with Crippen LogP contribution in [0.5, 0.6) is 0 Å². The Balaban J connectivity index is 1.75. The van der Waals surface area contributed by atoms with Crippen LogP contribution in [0.15, 0.2) is 43.7 Å². The number of benzene rings is 2. The van der Waals surface area contributed by atoms with Crippen molar-refractivity contribution in [1.82, 2.24) is 14.8 Å². The average Bonchev–Trinajstić information content (AvgIpc) is 2.89. The molecule has 4 rings (SSSR count). The number of aromatic nitrogens is 1. The zero-order valence-corrected chi connectivity index (χ0v) is 18.9. The van der Waals surface area contributed by atoms with E-state index in [4.69, 9.17) is 0 Å². The van der Waals surface area contributed by atoms with Crippen molar-refractivity contribution < 1.29 is 5.11 Å². The van der Waals surface area contributed by atoms with E-state index < -0.39 is 6.10 Å². The first kappa shape index (κ1) is 18.9. The highest BCUT2D eigenvalue weighted by Crippen LogP contribution is 2.37. The van der Waals surface area contributed by atoms with Crippen LogP contribution >= 0.6 is 47.8 Å². The van der Waals surface area contributed by atoms with E-state index >= 15 is 0 Å². The van der Waals surface area contributed by atoms with Crippen LogP contribution in [0.25, 0.3) is 21.8 Å². The van der Waals surface area contributed by atoms with Gasteiger partial charge in [-0.25, -0.2) is 0 Å². The third kappa shape index (κ3) is 3.75. The Bertz CT molecular complexity index is 950. The van der Waals surface area contributed by atoms with E-state index in [-0.39, 0.29) is 0 Å². The molecule has 4 nitrogen and oxygen atoms in total. The summed E-state index contributed by atoms with van der Waals surface area (Å²) in [6.45, 7) is 5.26. The van der Waals surface area contributed by atoms with Crippen molar-refractivity contribution in [3.05, 3.63) is 43.7 Å². The Morgan fingerprint density at radius 2 is 1.69 bits per heavy atom. The van der Waals surface area contributed by atoms with Crippen molar-refractivity contribution in [1.29, 1.82) is 0 Å². The molecule has 1 saturated heterocycles. The molecule has 0 bridgehead atoms. The van der Waals surface area contributed by atoms with E-state index in [2.05, 4.69) is 92.9 Å². The maximum absolute atomic E-state index is 10.8. The largest absolute Gasteiger partial charge is 0.390 e. The van der Waals surface area contributed by atoms with E-state index in [0.717, 1.165) is 50.6 Å². The van der Waals surface area contributed by atoms with Crippen molar-refractivity contribution in [3.63, 3.8) is 0 Å². The van der Waals surface area contributed by atoms with Gasteiger partial charge in [0.05, 0.1) is 18.2 Å². The molecule has 0 aliphatic carbocycles. The number of nitrogens with one attached hydrogen (secondary N) is 1. The molecule has 0 spiro atoms. The van der Waals surface area contributed by atoms with Gasteiger partial charge in [-0.05, 0) is 46.3 Å². The normalized spacial score (nSPS) is 17.2. The van der Waals surface area contributed by atoms with Crippen LogP contribution in [0.4, 0.5) is 0 Å². The minimum Gasteiger partial charge on any atom is -0.390 e. The first-order valence-electron chi connectivity index (χ1n) is 8.70. The zero-order valence-electron chi connectivity index (χ0n) is 14.2. The monoisotopic (exact) mass is 543 g/mol. The molecular weight excluding hydrogens is 526 g/mol. The average molecular weight is 546 g/mol. The maximum Gasteiger partial charge on any atom is 0.0845 e. The van der Waals surface area contributed by atoms with Crippen LogP contribution < -0.4 is 5.32 Å². The number of fused-ring (bicyclic) bond motifs is 3. The molecule has 3 aromatic rings. The lowest BCUT2D eigenvalue weighted by atomic mass is 10.2. The van der Waals surface area contributed by atoms with Gasteiger partial charge in [0.15, 0.2) is 0 Å². The lowest BCUT2D eigenvalue weighted by molar-refractivity contribution is 0.0935. The fraction of sp³-hybridized carbons (Fsp3) is 0.368. The number of nitrogens with zero attached hydrogens (tertiary/aromatic N) is 2.